The van der Waals surface area contributed by atoms with E-state index in [2.05, 4.69) is 19.9 Å². The van der Waals surface area contributed by atoms with Crippen molar-refractivity contribution in [2.24, 2.45) is 34.5 Å². The Hall–Kier alpha value is -2.43. The molecule has 1 aromatic rings. The number of ketones is 2. The number of carbonyl (C=O) groups is 3. The average Bonchev–Trinajstić information content (AvgIpc) is 3.16. The number of para-hydroxylation sites is 1. The van der Waals surface area contributed by atoms with E-state index in [1.807, 2.05) is 0 Å². The topological polar surface area (TPSA) is 80.7 Å². The lowest BCUT2D eigenvalue weighted by atomic mass is 9.47. The van der Waals surface area contributed by atoms with Gasteiger partial charge in [0.15, 0.2) is 5.78 Å². The minimum Gasteiger partial charge on any atom is -0.506 e. The van der Waals surface area contributed by atoms with Gasteiger partial charge in [-0.15, -0.1) is 0 Å². The normalized spacial score (nSPS) is 37.9. The molecule has 0 saturated heterocycles. The Labute approximate surface area is 208 Å². The molecule has 35 heavy (non-hydrogen) atoms. The molecule has 1 aromatic carbocycles. The van der Waals surface area contributed by atoms with Crippen molar-refractivity contribution in [3.8, 4) is 5.75 Å². The second kappa shape index (κ2) is 8.60. The number of benzene rings is 1. The molecular weight excluding hydrogens is 440 g/mol. The fourth-order valence-electron chi connectivity index (χ4n) is 8.60. The van der Waals surface area contributed by atoms with Crippen molar-refractivity contribution in [3.05, 3.63) is 41.0 Å². The second-order valence-electron chi connectivity index (χ2n) is 12.1. The second-order valence-corrected chi connectivity index (χ2v) is 12.1. The zero-order valence-electron chi connectivity index (χ0n) is 21.4. The van der Waals surface area contributed by atoms with E-state index in [1.54, 1.807) is 13.0 Å². The molecule has 5 rings (SSSR count). The van der Waals surface area contributed by atoms with Gasteiger partial charge in [0.1, 0.15) is 23.2 Å². The third kappa shape index (κ3) is 3.77. The first-order valence-electron chi connectivity index (χ1n) is 13.3. The van der Waals surface area contributed by atoms with Crippen LogP contribution in [-0.4, -0.2) is 28.7 Å². The molecule has 7 atom stereocenters. The number of esters is 1. The van der Waals surface area contributed by atoms with Gasteiger partial charge in [-0.2, -0.15) is 0 Å². The van der Waals surface area contributed by atoms with Gasteiger partial charge in [0.2, 0.25) is 0 Å². The van der Waals surface area contributed by atoms with Crippen LogP contribution in [0.5, 0.6) is 5.75 Å². The maximum atomic E-state index is 12.9. The number of rotatable bonds is 4. The third-order valence-electron chi connectivity index (χ3n) is 10.5. The molecule has 1 N–H and O–H groups in total. The van der Waals surface area contributed by atoms with Crippen molar-refractivity contribution in [1.82, 2.24) is 0 Å². The van der Waals surface area contributed by atoms with Gasteiger partial charge in [0.05, 0.1) is 5.56 Å². The van der Waals surface area contributed by atoms with E-state index in [9.17, 15) is 19.5 Å². The summed E-state index contributed by atoms with van der Waals surface area (Å²) < 4.78 is 5.86. The maximum Gasteiger partial charge on any atom is 0.342 e. The number of phenols is 1. The number of phenolic OH excluding ortho intramolecular Hbond substituents is 1. The van der Waals surface area contributed by atoms with Gasteiger partial charge in [-0.1, -0.05) is 31.6 Å². The van der Waals surface area contributed by atoms with E-state index in [1.165, 1.54) is 37.5 Å². The standard InChI is InChI=1S/C30H38O5/c1-17(31)21-6-5-7-23(27(21)33)28(34)35-20-12-14-29(3)19(16-20)8-9-22-25-11-10-24(18(2)32)30(25,4)15-13-26(22)29/h5-8,20,22,24-26,33H,9-16H2,1-4H3/t20-,22-,24+,25-,26-,29-,30+/m0/s1. The summed E-state index contributed by atoms with van der Waals surface area (Å²) in [5.74, 6) is 1.33. The molecule has 0 heterocycles. The zero-order chi connectivity index (χ0) is 25.1. The van der Waals surface area contributed by atoms with Gasteiger partial charge in [0.25, 0.3) is 0 Å². The third-order valence-corrected chi connectivity index (χ3v) is 10.5. The van der Waals surface area contributed by atoms with E-state index in [0.717, 1.165) is 38.5 Å². The first-order valence-corrected chi connectivity index (χ1v) is 13.3. The fraction of sp³-hybridized carbons (Fsp3) is 0.633. The molecule has 5 heteroatoms. The predicted octanol–water partition coefficient (Wildman–Crippen LogP) is 6.29. The highest BCUT2D eigenvalue weighted by atomic mass is 16.5. The number of aromatic hydroxyl groups is 1. The lowest BCUT2D eigenvalue weighted by Gasteiger charge is -2.58. The summed E-state index contributed by atoms with van der Waals surface area (Å²) in [5, 5.41) is 10.4. The van der Waals surface area contributed by atoms with Crippen LogP contribution in [0.15, 0.2) is 29.8 Å². The highest BCUT2D eigenvalue weighted by molar-refractivity contribution is 6.02. The molecule has 0 unspecified atom stereocenters. The van der Waals surface area contributed by atoms with Crippen LogP contribution in [0.3, 0.4) is 0 Å². The van der Waals surface area contributed by atoms with Crippen LogP contribution in [-0.2, 0) is 9.53 Å². The van der Waals surface area contributed by atoms with Crippen LogP contribution < -0.4 is 0 Å². The zero-order valence-corrected chi connectivity index (χ0v) is 21.4. The number of carbonyl (C=O) groups excluding carboxylic acids is 3. The molecule has 3 saturated carbocycles. The molecule has 0 spiro atoms. The van der Waals surface area contributed by atoms with Crippen LogP contribution in [0.1, 0.15) is 99.8 Å². The highest BCUT2D eigenvalue weighted by Gasteiger charge is 2.59. The van der Waals surface area contributed by atoms with Crippen molar-refractivity contribution in [1.29, 1.82) is 0 Å². The number of hydrogen-bond donors (Lipinski definition) is 1. The van der Waals surface area contributed by atoms with Crippen LogP contribution in [0, 0.1) is 34.5 Å². The number of ether oxygens (including phenoxy) is 1. The molecule has 0 bridgehead atoms. The Morgan fingerprint density at radius 1 is 0.971 bits per heavy atom. The molecule has 0 radical (unpaired) electrons. The first kappa shape index (κ1) is 24.3. The average molecular weight is 479 g/mol. The predicted molar refractivity (Wildman–Crippen MR) is 133 cm³/mol. The smallest absolute Gasteiger partial charge is 0.342 e. The van der Waals surface area contributed by atoms with Gasteiger partial charge in [-0.25, -0.2) is 4.79 Å². The Morgan fingerprint density at radius 2 is 1.71 bits per heavy atom. The number of hydrogen-bond acceptors (Lipinski definition) is 5. The number of fused-ring (bicyclic) bond motifs is 5. The number of allylic oxidation sites excluding steroid dienone is 1. The van der Waals surface area contributed by atoms with Gasteiger partial charge in [-0.05, 0) is 99.5 Å². The Kier molecular flexibility index (Phi) is 5.96. The fourth-order valence-corrected chi connectivity index (χ4v) is 8.60. The van der Waals surface area contributed by atoms with Crippen LogP contribution >= 0.6 is 0 Å². The molecule has 0 aromatic heterocycles. The molecule has 188 valence electrons. The molecule has 0 amide bonds. The van der Waals surface area contributed by atoms with Gasteiger partial charge >= 0.3 is 5.97 Å². The molecule has 0 aliphatic heterocycles. The minimum absolute atomic E-state index is 0.0524. The van der Waals surface area contributed by atoms with Gasteiger partial charge in [-0.3, -0.25) is 9.59 Å². The summed E-state index contributed by atoms with van der Waals surface area (Å²) in [4.78, 5) is 37.0. The Balaban J connectivity index is 1.32. The molecule has 3 fully saturated rings. The van der Waals surface area contributed by atoms with E-state index < -0.39 is 5.97 Å². The van der Waals surface area contributed by atoms with Gasteiger partial charge < -0.3 is 9.84 Å². The van der Waals surface area contributed by atoms with Crippen molar-refractivity contribution < 1.29 is 24.2 Å². The summed E-state index contributed by atoms with van der Waals surface area (Å²) in [7, 11) is 0. The van der Waals surface area contributed by atoms with E-state index in [0.29, 0.717) is 23.5 Å². The molecular formula is C30H38O5. The quantitative estimate of drug-likeness (QED) is 0.313. The van der Waals surface area contributed by atoms with E-state index >= 15 is 0 Å². The van der Waals surface area contributed by atoms with E-state index in [-0.39, 0.29) is 45.5 Å². The maximum absolute atomic E-state index is 12.9. The lowest BCUT2D eigenvalue weighted by Crippen LogP contribution is -2.51. The summed E-state index contributed by atoms with van der Waals surface area (Å²) in [6, 6.07) is 4.63. The SMILES string of the molecule is CC(=O)c1cccc(C(=O)O[C@H]2CC[C@@]3(C)C(=CC[C@H]4[C@@H]5CC[C@H](C(C)=O)[C@@]5(C)CC[C@@H]43)C2)c1O. The van der Waals surface area contributed by atoms with Crippen molar-refractivity contribution in [3.63, 3.8) is 0 Å². The molecule has 4 aliphatic carbocycles. The monoisotopic (exact) mass is 478 g/mol. The largest absolute Gasteiger partial charge is 0.506 e. The van der Waals surface area contributed by atoms with Crippen LogP contribution in [0.4, 0.5) is 0 Å². The summed E-state index contributed by atoms with van der Waals surface area (Å²) in [6.45, 7) is 7.94. The molecule has 4 aliphatic rings. The number of Topliss-reactive ketones (excluding diaryl/α,β-unsaturated/α-hetero) is 2. The summed E-state index contributed by atoms with van der Waals surface area (Å²) >= 11 is 0. The van der Waals surface area contributed by atoms with Crippen molar-refractivity contribution in [2.75, 3.05) is 0 Å². The first-order chi connectivity index (χ1) is 16.6. The molecule has 5 nitrogen and oxygen atoms in total. The summed E-state index contributed by atoms with van der Waals surface area (Å²) in [6.07, 6.45) is 10.3. The Morgan fingerprint density at radius 3 is 2.43 bits per heavy atom. The summed E-state index contributed by atoms with van der Waals surface area (Å²) in [5.41, 5.74) is 1.88. The van der Waals surface area contributed by atoms with Crippen molar-refractivity contribution in [2.45, 2.75) is 85.2 Å². The van der Waals surface area contributed by atoms with E-state index in [4.69, 9.17) is 4.74 Å². The van der Waals surface area contributed by atoms with Crippen LogP contribution in [0.25, 0.3) is 0 Å². The minimum atomic E-state index is -0.567. The van der Waals surface area contributed by atoms with Gasteiger partial charge in [0, 0.05) is 12.3 Å². The van der Waals surface area contributed by atoms with Crippen molar-refractivity contribution >= 4 is 17.5 Å². The highest BCUT2D eigenvalue weighted by Crippen LogP contribution is 2.66. The Bertz CT molecular complexity index is 1100. The lowest BCUT2D eigenvalue weighted by molar-refractivity contribution is -0.127. The van der Waals surface area contributed by atoms with Crippen LogP contribution in [0.2, 0.25) is 0 Å².